The summed E-state index contributed by atoms with van der Waals surface area (Å²) in [4.78, 5) is 0. The van der Waals surface area contributed by atoms with Gasteiger partial charge in [0.25, 0.3) is 0 Å². The van der Waals surface area contributed by atoms with E-state index in [1.54, 1.807) is 24.3 Å². The van der Waals surface area contributed by atoms with Crippen LogP contribution in [-0.4, -0.2) is 23.5 Å². The SMILES string of the molecule is N#Cc1ccccc1OCC1COS(=O)O1. The molecule has 0 aliphatic carbocycles. The Morgan fingerprint density at radius 3 is 3.06 bits per heavy atom. The van der Waals surface area contributed by atoms with Crippen LogP contribution < -0.4 is 4.74 Å². The van der Waals surface area contributed by atoms with Crippen LogP contribution in [0.4, 0.5) is 0 Å². The minimum atomic E-state index is -1.66. The molecule has 1 aliphatic heterocycles. The van der Waals surface area contributed by atoms with Crippen molar-refractivity contribution in [2.45, 2.75) is 6.10 Å². The summed E-state index contributed by atoms with van der Waals surface area (Å²) < 4.78 is 25.8. The Hall–Kier alpha value is -1.42. The zero-order chi connectivity index (χ0) is 11.4. The second-order valence-corrected chi connectivity index (χ2v) is 3.96. The highest BCUT2D eigenvalue weighted by atomic mass is 32.2. The van der Waals surface area contributed by atoms with Gasteiger partial charge in [-0.05, 0) is 12.1 Å². The summed E-state index contributed by atoms with van der Waals surface area (Å²) >= 11 is -1.66. The minimum absolute atomic E-state index is 0.213. The van der Waals surface area contributed by atoms with Crippen LogP contribution in [0.5, 0.6) is 5.75 Å². The van der Waals surface area contributed by atoms with Gasteiger partial charge in [0.2, 0.25) is 0 Å². The lowest BCUT2D eigenvalue weighted by molar-refractivity contribution is 0.151. The quantitative estimate of drug-likeness (QED) is 0.784. The van der Waals surface area contributed by atoms with Crippen molar-refractivity contribution in [1.29, 1.82) is 5.26 Å². The van der Waals surface area contributed by atoms with Gasteiger partial charge in [-0.25, -0.2) is 0 Å². The van der Waals surface area contributed by atoms with Gasteiger partial charge in [0.1, 0.15) is 24.5 Å². The van der Waals surface area contributed by atoms with Crippen molar-refractivity contribution in [2.24, 2.45) is 0 Å². The summed E-state index contributed by atoms with van der Waals surface area (Å²) in [5.41, 5.74) is 0.461. The maximum atomic E-state index is 10.7. The molecule has 1 heterocycles. The highest BCUT2D eigenvalue weighted by Crippen LogP contribution is 2.18. The average molecular weight is 239 g/mol. The topological polar surface area (TPSA) is 68.5 Å². The lowest BCUT2D eigenvalue weighted by Crippen LogP contribution is -2.19. The van der Waals surface area contributed by atoms with Crippen LogP contribution in [0.2, 0.25) is 0 Å². The summed E-state index contributed by atoms with van der Waals surface area (Å²) in [5, 5.41) is 8.82. The summed E-state index contributed by atoms with van der Waals surface area (Å²) in [6.07, 6.45) is -0.354. The van der Waals surface area contributed by atoms with Crippen molar-refractivity contribution in [2.75, 3.05) is 13.2 Å². The third-order valence-electron chi connectivity index (χ3n) is 2.00. The van der Waals surface area contributed by atoms with Gasteiger partial charge in [-0.3, -0.25) is 8.37 Å². The molecule has 5 nitrogen and oxygen atoms in total. The number of para-hydroxylation sites is 1. The highest BCUT2D eigenvalue weighted by Gasteiger charge is 2.24. The molecule has 1 saturated heterocycles. The second kappa shape index (κ2) is 5.07. The number of nitriles is 1. The number of hydrogen-bond acceptors (Lipinski definition) is 5. The fraction of sp³-hybridized carbons (Fsp3) is 0.300. The normalized spacial score (nSPS) is 23.9. The van der Waals surface area contributed by atoms with Gasteiger partial charge in [0.05, 0.1) is 12.2 Å². The Labute approximate surface area is 95.4 Å². The van der Waals surface area contributed by atoms with Gasteiger partial charge < -0.3 is 4.74 Å². The Morgan fingerprint density at radius 1 is 1.56 bits per heavy atom. The average Bonchev–Trinajstić information content (AvgIpc) is 2.73. The monoisotopic (exact) mass is 239 g/mol. The Bertz CT molecular complexity index is 443. The molecule has 0 saturated carbocycles. The van der Waals surface area contributed by atoms with E-state index in [1.165, 1.54) is 0 Å². The van der Waals surface area contributed by atoms with E-state index >= 15 is 0 Å². The summed E-state index contributed by atoms with van der Waals surface area (Å²) in [6.45, 7) is 0.450. The van der Waals surface area contributed by atoms with Crippen LogP contribution in [0.3, 0.4) is 0 Å². The van der Waals surface area contributed by atoms with Crippen molar-refractivity contribution in [3.05, 3.63) is 29.8 Å². The second-order valence-electron chi connectivity index (χ2n) is 3.13. The van der Waals surface area contributed by atoms with Gasteiger partial charge >= 0.3 is 11.4 Å². The maximum absolute atomic E-state index is 10.7. The lowest BCUT2D eigenvalue weighted by atomic mass is 10.2. The fourth-order valence-electron chi connectivity index (χ4n) is 1.24. The molecule has 0 aromatic heterocycles. The zero-order valence-electron chi connectivity index (χ0n) is 8.29. The lowest BCUT2D eigenvalue weighted by Gasteiger charge is -2.09. The molecule has 2 unspecified atom stereocenters. The van der Waals surface area contributed by atoms with Crippen LogP contribution in [0, 0.1) is 11.3 Å². The summed E-state index contributed by atoms with van der Waals surface area (Å²) in [7, 11) is 0. The number of benzene rings is 1. The molecule has 0 spiro atoms. The smallest absolute Gasteiger partial charge is 0.305 e. The molecular formula is C10H9NO4S. The Kier molecular flexibility index (Phi) is 3.51. The highest BCUT2D eigenvalue weighted by molar-refractivity contribution is 7.75. The molecule has 2 atom stereocenters. The predicted molar refractivity (Wildman–Crippen MR) is 55.6 cm³/mol. The van der Waals surface area contributed by atoms with Gasteiger partial charge in [-0.1, -0.05) is 12.1 Å². The molecular weight excluding hydrogens is 230 g/mol. The van der Waals surface area contributed by atoms with Crippen LogP contribution in [0.15, 0.2) is 24.3 Å². The largest absolute Gasteiger partial charge is 0.489 e. The molecule has 1 fully saturated rings. The van der Waals surface area contributed by atoms with Crippen LogP contribution in [0.1, 0.15) is 5.56 Å². The van der Waals surface area contributed by atoms with Crippen molar-refractivity contribution in [3.63, 3.8) is 0 Å². The molecule has 2 rings (SSSR count). The molecule has 0 bridgehead atoms. The van der Waals surface area contributed by atoms with Crippen molar-refractivity contribution in [3.8, 4) is 11.8 Å². The zero-order valence-corrected chi connectivity index (χ0v) is 9.11. The molecule has 0 amide bonds. The molecule has 16 heavy (non-hydrogen) atoms. The first-order chi connectivity index (χ1) is 7.79. The number of rotatable bonds is 3. The molecule has 6 heteroatoms. The van der Waals surface area contributed by atoms with Crippen LogP contribution in [-0.2, 0) is 19.7 Å². The molecule has 1 aromatic carbocycles. The molecule has 0 N–H and O–H groups in total. The molecule has 1 aliphatic rings. The third kappa shape index (κ3) is 2.58. The molecule has 84 valence electrons. The number of nitrogens with zero attached hydrogens (tertiary/aromatic N) is 1. The fourth-order valence-corrected chi connectivity index (χ4v) is 1.89. The first kappa shape index (κ1) is 11.1. The maximum Gasteiger partial charge on any atom is 0.305 e. The summed E-state index contributed by atoms with van der Waals surface area (Å²) in [6, 6.07) is 8.93. The van der Waals surface area contributed by atoms with E-state index in [2.05, 4.69) is 0 Å². The van der Waals surface area contributed by atoms with E-state index in [-0.39, 0.29) is 19.3 Å². The van der Waals surface area contributed by atoms with Crippen LogP contribution in [0.25, 0.3) is 0 Å². The first-order valence-corrected chi connectivity index (χ1v) is 5.63. The molecule has 0 radical (unpaired) electrons. The predicted octanol–water partition coefficient (Wildman–Crippen LogP) is 0.931. The minimum Gasteiger partial charge on any atom is -0.489 e. The summed E-state index contributed by atoms with van der Waals surface area (Å²) in [5.74, 6) is 0.492. The Balaban J connectivity index is 1.95. The van der Waals surface area contributed by atoms with E-state index in [1.807, 2.05) is 6.07 Å². The number of ether oxygens (including phenoxy) is 1. The van der Waals surface area contributed by atoms with Gasteiger partial charge in [-0.2, -0.15) is 9.47 Å². The molecule has 1 aromatic rings. The van der Waals surface area contributed by atoms with E-state index in [4.69, 9.17) is 18.4 Å². The van der Waals surface area contributed by atoms with E-state index in [0.29, 0.717) is 11.3 Å². The van der Waals surface area contributed by atoms with Gasteiger partial charge in [0.15, 0.2) is 0 Å². The number of hydrogen-bond donors (Lipinski definition) is 0. The first-order valence-electron chi connectivity index (χ1n) is 4.63. The third-order valence-corrected chi connectivity index (χ3v) is 2.75. The van der Waals surface area contributed by atoms with E-state index in [9.17, 15) is 4.21 Å². The van der Waals surface area contributed by atoms with E-state index in [0.717, 1.165) is 0 Å². The van der Waals surface area contributed by atoms with Crippen molar-refractivity contribution in [1.82, 2.24) is 0 Å². The van der Waals surface area contributed by atoms with Gasteiger partial charge in [-0.15, -0.1) is 0 Å². The van der Waals surface area contributed by atoms with E-state index < -0.39 is 11.4 Å². The van der Waals surface area contributed by atoms with Crippen molar-refractivity contribution < 1.29 is 17.3 Å². The van der Waals surface area contributed by atoms with Crippen molar-refractivity contribution >= 4 is 11.4 Å². The standard InChI is InChI=1S/C10H9NO4S/c11-5-8-3-1-2-4-10(8)13-6-9-7-14-16(12)15-9/h1-4,9H,6-7H2. The van der Waals surface area contributed by atoms with Gasteiger partial charge in [0, 0.05) is 0 Å². The van der Waals surface area contributed by atoms with Crippen LogP contribution >= 0.6 is 0 Å². The Morgan fingerprint density at radius 2 is 2.38 bits per heavy atom.